The number of nitrogens with zero attached hydrogens (tertiary/aromatic N) is 1. The second-order valence-electron chi connectivity index (χ2n) is 6.35. The number of amides is 1. The fourth-order valence-electron chi connectivity index (χ4n) is 3.03. The molecule has 0 saturated heterocycles. The number of nitrogens with one attached hydrogen (secondary N) is 1. The summed E-state index contributed by atoms with van der Waals surface area (Å²) < 4.78 is 5.90. The highest BCUT2D eigenvalue weighted by Gasteiger charge is 2.12. The predicted octanol–water partition coefficient (Wildman–Crippen LogP) is 4.42. The van der Waals surface area contributed by atoms with Gasteiger partial charge in [-0.05, 0) is 42.8 Å². The molecular weight excluding hydrogens is 360 g/mol. The van der Waals surface area contributed by atoms with Crippen LogP contribution in [0.25, 0.3) is 21.9 Å². The normalized spacial score (nSPS) is 10.9. The molecule has 0 fully saturated rings. The van der Waals surface area contributed by atoms with E-state index in [1.807, 2.05) is 13.0 Å². The van der Waals surface area contributed by atoms with Gasteiger partial charge in [-0.3, -0.25) is 19.7 Å². The van der Waals surface area contributed by atoms with Gasteiger partial charge in [0.1, 0.15) is 11.2 Å². The van der Waals surface area contributed by atoms with Crippen LogP contribution in [0.15, 0.2) is 69.9 Å². The highest BCUT2D eigenvalue weighted by atomic mass is 16.6. The maximum absolute atomic E-state index is 12.7. The van der Waals surface area contributed by atoms with Crippen LogP contribution in [0.3, 0.4) is 0 Å². The maximum atomic E-state index is 12.7. The molecule has 0 bridgehead atoms. The Labute approximate surface area is 158 Å². The average molecular weight is 374 g/mol. The number of anilines is 1. The van der Waals surface area contributed by atoms with E-state index in [1.165, 1.54) is 24.3 Å². The summed E-state index contributed by atoms with van der Waals surface area (Å²) in [7, 11) is 0. The third-order valence-electron chi connectivity index (χ3n) is 4.49. The molecule has 0 unspecified atom stereocenters. The van der Waals surface area contributed by atoms with Crippen LogP contribution in [-0.2, 0) is 0 Å². The molecule has 3 aromatic carbocycles. The number of aryl methyl sites for hydroxylation is 1. The number of nitro benzene ring substituents is 1. The SMILES string of the molecule is Cc1cccc2c(=O)c3ccc(NC(=O)c4ccc([N+](=O)[O-])cc4)cc3oc12. The molecule has 0 aliphatic heterocycles. The van der Waals surface area contributed by atoms with Gasteiger partial charge in [0.15, 0.2) is 0 Å². The highest BCUT2D eigenvalue weighted by molar-refractivity contribution is 6.05. The van der Waals surface area contributed by atoms with E-state index in [1.54, 1.807) is 30.3 Å². The molecule has 1 heterocycles. The monoisotopic (exact) mass is 374 g/mol. The van der Waals surface area contributed by atoms with Gasteiger partial charge in [-0.2, -0.15) is 0 Å². The van der Waals surface area contributed by atoms with E-state index < -0.39 is 10.8 Å². The minimum atomic E-state index is -0.528. The molecule has 4 aromatic rings. The van der Waals surface area contributed by atoms with Crippen LogP contribution in [0.5, 0.6) is 0 Å². The first-order valence-corrected chi connectivity index (χ1v) is 8.46. The molecule has 0 atom stereocenters. The van der Waals surface area contributed by atoms with Crippen molar-refractivity contribution in [2.75, 3.05) is 5.32 Å². The van der Waals surface area contributed by atoms with Crippen LogP contribution < -0.4 is 10.7 Å². The topological polar surface area (TPSA) is 102 Å². The number of hydrogen-bond donors (Lipinski definition) is 1. The zero-order chi connectivity index (χ0) is 19.8. The van der Waals surface area contributed by atoms with Gasteiger partial charge in [-0.15, -0.1) is 0 Å². The number of fused-ring (bicyclic) bond motifs is 2. The van der Waals surface area contributed by atoms with Gasteiger partial charge in [0.2, 0.25) is 5.43 Å². The minimum absolute atomic E-state index is 0.0914. The molecule has 0 aliphatic carbocycles. The first kappa shape index (κ1) is 17.4. The van der Waals surface area contributed by atoms with Crippen molar-refractivity contribution < 1.29 is 14.1 Å². The van der Waals surface area contributed by atoms with Gasteiger partial charge < -0.3 is 9.73 Å². The molecule has 0 saturated carbocycles. The van der Waals surface area contributed by atoms with Gasteiger partial charge in [-0.1, -0.05) is 12.1 Å². The van der Waals surface area contributed by atoms with Crippen molar-refractivity contribution in [3.63, 3.8) is 0 Å². The predicted molar refractivity (Wildman–Crippen MR) is 106 cm³/mol. The lowest BCUT2D eigenvalue weighted by Gasteiger charge is -2.08. The third kappa shape index (κ3) is 2.99. The van der Waals surface area contributed by atoms with Crippen molar-refractivity contribution in [2.45, 2.75) is 6.92 Å². The molecule has 28 heavy (non-hydrogen) atoms. The number of hydrogen-bond acceptors (Lipinski definition) is 5. The van der Waals surface area contributed by atoms with Crippen LogP contribution in [-0.4, -0.2) is 10.8 Å². The zero-order valence-electron chi connectivity index (χ0n) is 14.8. The van der Waals surface area contributed by atoms with E-state index in [9.17, 15) is 19.7 Å². The largest absolute Gasteiger partial charge is 0.455 e. The first-order chi connectivity index (χ1) is 13.4. The van der Waals surface area contributed by atoms with E-state index in [0.717, 1.165) is 5.56 Å². The van der Waals surface area contributed by atoms with Crippen LogP contribution in [0.1, 0.15) is 15.9 Å². The lowest BCUT2D eigenvalue weighted by atomic mass is 10.1. The van der Waals surface area contributed by atoms with E-state index in [2.05, 4.69) is 5.32 Å². The van der Waals surface area contributed by atoms with Crippen LogP contribution in [0.2, 0.25) is 0 Å². The summed E-state index contributed by atoms with van der Waals surface area (Å²) in [6.07, 6.45) is 0. The van der Waals surface area contributed by atoms with Crippen LogP contribution in [0, 0.1) is 17.0 Å². The van der Waals surface area contributed by atoms with Crippen molar-refractivity contribution >= 4 is 39.2 Å². The number of benzene rings is 3. The van der Waals surface area contributed by atoms with Crippen molar-refractivity contribution in [2.24, 2.45) is 0 Å². The van der Waals surface area contributed by atoms with Crippen molar-refractivity contribution in [1.82, 2.24) is 0 Å². The molecule has 1 amide bonds. The van der Waals surface area contributed by atoms with Gasteiger partial charge in [-0.25, -0.2) is 0 Å². The molecule has 0 radical (unpaired) electrons. The van der Waals surface area contributed by atoms with E-state index in [-0.39, 0.29) is 16.7 Å². The lowest BCUT2D eigenvalue weighted by Crippen LogP contribution is -2.12. The second kappa shape index (κ2) is 6.62. The smallest absolute Gasteiger partial charge is 0.269 e. The summed E-state index contributed by atoms with van der Waals surface area (Å²) in [6.45, 7) is 1.86. The van der Waals surface area contributed by atoms with Crippen molar-refractivity contribution in [3.05, 3.63) is 92.1 Å². The molecule has 1 aromatic heterocycles. The maximum Gasteiger partial charge on any atom is 0.269 e. The first-order valence-electron chi connectivity index (χ1n) is 8.46. The Morgan fingerprint density at radius 2 is 1.79 bits per heavy atom. The van der Waals surface area contributed by atoms with E-state index >= 15 is 0 Å². The Kier molecular flexibility index (Phi) is 4.12. The Hall–Kier alpha value is -4.00. The number of non-ortho nitro benzene ring substituents is 1. The van der Waals surface area contributed by atoms with Gasteiger partial charge in [0, 0.05) is 29.4 Å². The average Bonchev–Trinajstić information content (AvgIpc) is 2.69. The number of carbonyl (C=O) groups is 1. The molecule has 0 spiro atoms. The number of para-hydroxylation sites is 1. The van der Waals surface area contributed by atoms with Gasteiger partial charge in [0.05, 0.1) is 15.7 Å². The summed E-state index contributed by atoms with van der Waals surface area (Å²) in [6, 6.07) is 15.5. The number of rotatable bonds is 3. The molecule has 0 aliphatic rings. The van der Waals surface area contributed by atoms with E-state index in [4.69, 9.17) is 4.42 Å². The third-order valence-corrected chi connectivity index (χ3v) is 4.49. The summed E-state index contributed by atoms with van der Waals surface area (Å²) >= 11 is 0. The van der Waals surface area contributed by atoms with Crippen molar-refractivity contribution in [1.29, 1.82) is 0 Å². The fraction of sp³-hybridized carbons (Fsp3) is 0.0476. The number of carbonyl (C=O) groups excluding carboxylic acids is 1. The summed E-state index contributed by atoms with van der Waals surface area (Å²) in [5, 5.41) is 14.4. The summed E-state index contributed by atoms with van der Waals surface area (Å²) in [5.74, 6) is -0.423. The van der Waals surface area contributed by atoms with Crippen molar-refractivity contribution in [3.8, 4) is 0 Å². The summed E-state index contributed by atoms with van der Waals surface area (Å²) in [5.41, 5.74) is 2.23. The quantitative estimate of drug-likeness (QED) is 0.325. The Morgan fingerprint density at radius 3 is 2.50 bits per heavy atom. The molecular formula is C21H14N2O5. The fourth-order valence-corrected chi connectivity index (χ4v) is 3.03. The molecule has 7 nitrogen and oxygen atoms in total. The molecule has 4 rings (SSSR count). The highest BCUT2D eigenvalue weighted by Crippen LogP contribution is 2.24. The zero-order valence-corrected chi connectivity index (χ0v) is 14.8. The Balaban J connectivity index is 1.70. The van der Waals surface area contributed by atoms with Crippen LogP contribution in [0.4, 0.5) is 11.4 Å². The molecule has 7 heteroatoms. The molecule has 1 N–H and O–H groups in total. The van der Waals surface area contributed by atoms with Crippen LogP contribution >= 0.6 is 0 Å². The number of nitro groups is 1. The minimum Gasteiger partial charge on any atom is -0.455 e. The Bertz CT molecular complexity index is 1310. The lowest BCUT2D eigenvalue weighted by molar-refractivity contribution is -0.384. The molecule has 138 valence electrons. The second-order valence-corrected chi connectivity index (χ2v) is 6.35. The summed E-state index contributed by atoms with van der Waals surface area (Å²) in [4.78, 5) is 35.3. The Morgan fingerprint density at radius 1 is 1.04 bits per heavy atom. The van der Waals surface area contributed by atoms with Gasteiger partial charge in [0.25, 0.3) is 11.6 Å². The van der Waals surface area contributed by atoms with E-state index in [0.29, 0.717) is 27.6 Å². The van der Waals surface area contributed by atoms with Gasteiger partial charge >= 0.3 is 0 Å². The standard InChI is InChI=1S/C21H14N2O5/c1-12-3-2-4-17-19(24)16-10-7-14(11-18(16)28-20(12)17)22-21(25)13-5-8-15(9-6-13)23(26)27/h2-11H,1H3,(H,22,25).